The van der Waals surface area contributed by atoms with E-state index in [0.29, 0.717) is 110 Å². The molecule has 0 aromatic heterocycles. The van der Waals surface area contributed by atoms with E-state index in [4.69, 9.17) is 91.2 Å². The first-order valence-corrected chi connectivity index (χ1v) is 35.9. The lowest BCUT2D eigenvalue weighted by Crippen LogP contribution is -2.54. The number of rotatable bonds is 63. The van der Waals surface area contributed by atoms with Gasteiger partial charge in [0.2, 0.25) is 0 Å². The van der Waals surface area contributed by atoms with Gasteiger partial charge in [-0.15, -0.1) is 0 Å². The maximum atomic E-state index is 11.2. The van der Waals surface area contributed by atoms with Crippen LogP contribution in [0, 0.1) is 11.8 Å². The zero-order valence-electron chi connectivity index (χ0n) is 62.5. The molecule has 0 saturated heterocycles. The summed E-state index contributed by atoms with van der Waals surface area (Å²) in [7, 11) is 0. The third-order valence-corrected chi connectivity index (χ3v) is 19.5. The maximum absolute atomic E-state index is 11.2. The fourth-order valence-electron chi connectivity index (χ4n) is 11.2. The molecule has 0 rings (SSSR count). The topological polar surface area (TPSA) is 388 Å². The molecule has 0 spiro atoms. The van der Waals surface area contributed by atoms with E-state index in [0.717, 1.165) is 6.42 Å². The SMILES string of the molecule is CCCC(C)(CC(CO)OC(C)(CN)C(COC(C)(CC)CC(O)COC(C)CN)COC(C)(CC)CC(O)COC(C)CN)OCC(CC)OC(CC)CC(CO)OC(C)(CN)C(COC(C)(CC)CC(O)COC(C)CN)COC(C)(CC)CC(O)COC(C)CN. The molecule has 0 amide bonds. The Hall–Kier alpha value is -0.960. The molecule has 19 atom stereocenters. The van der Waals surface area contributed by atoms with Crippen molar-refractivity contribution in [2.24, 2.45) is 46.2 Å². The normalized spacial score (nSPS) is 21.6. The smallest absolute Gasteiger partial charge is 0.0853 e. The van der Waals surface area contributed by atoms with Crippen molar-refractivity contribution in [1.29, 1.82) is 0 Å². The second-order valence-corrected chi connectivity index (χ2v) is 28.8. The minimum atomic E-state index is -1.12. The molecular formula is C70H148N6O18. The number of aliphatic hydroxyl groups is 6. The summed E-state index contributed by atoms with van der Waals surface area (Å²) in [6.45, 7) is 37.2. The van der Waals surface area contributed by atoms with E-state index in [9.17, 15) is 30.6 Å². The van der Waals surface area contributed by atoms with Crippen molar-refractivity contribution in [3.05, 3.63) is 0 Å². The Balaban J connectivity index is 6.96. The van der Waals surface area contributed by atoms with Crippen molar-refractivity contribution in [3.63, 3.8) is 0 Å². The molecule has 0 fully saturated rings. The van der Waals surface area contributed by atoms with Crippen molar-refractivity contribution < 1.29 is 87.5 Å². The Morgan fingerprint density at radius 3 is 0.883 bits per heavy atom. The minimum Gasteiger partial charge on any atom is -0.394 e. The summed E-state index contributed by atoms with van der Waals surface area (Å²) in [5.74, 6) is -0.992. The van der Waals surface area contributed by atoms with Crippen LogP contribution < -0.4 is 34.4 Å². The Bertz CT molecular complexity index is 1790. The molecular weight excluding hydrogens is 1210 g/mol. The minimum absolute atomic E-state index is 0.0403. The van der Waals surface area contributed by atoms with E-state index in [1.54, 1.807) is 0 Å². The summed E-state index contributed by atoms with van der Waals surface area (Å²) in [6.07, 6.45) is 0.444. The molecule has 0 aromatic rings. The fraction of sp³-hybridized carbons (Fsp3) is 1.00. The molecule has 0 aliphatic rings. The van der Waals surface area contributed by atoms with Crippen molar-refractivity contribution in [3.8, 4) is 0 Å². The van der Waals surface area contributed by atoms with Gasteiger partial charge in [-0.1, -0.05) is 54.9 Å². The lowest BCUT2D eigenvalue weighted by Gasteiger charge is -2.44. The molecule has 0 aliphatic heterocycles. The Morgan fingerprint density at radius 2 is 0.638 bits per heavy atom. The lowest BCUT2D eigenvalue weighted by molar-refractivity contribution is -0.200. The van der Waals surface area contributed by atoms with Crippen LogP contribution in [0.2, 0.25) is 0 Å². The van der Waals surface area contributed by atoms with Crippen LogP contribution in [-0.2, 0) is 56.8 Å². The predicted molar refractivity (Wildman–Crippen MR) is 373 cm³/mol. The number of hydrogen-bond acceptors (Lipinski definition) is 24. The second-order valence-electron chi connectivity index (χ2n) is 28.8. The van der Waals surface area contributed by atoms with E-state index >= 15 is 0 Å². The summed E-state index contributed by atoms with van der Waals surface area (Å²) in [5, 5.41) is 66.8. The van der Waals surface area contributed by atoms with Crippen LogP contribution >= 0.6 is 0 Å². The molecule has 0 aromatic carbocycles. The molecule has 0 bridgehead atoms. The van der Waals surface area contributed by atoms with Crippen LogP contribution in [-0.4, -0.2) is 255 Å². The largest absolute Gasteiger partial charge is 0.394 e. The standard InChI is InChI=1S/C70H148N6O18/c1-19-26-68(16,32-63(38-78)94-70(18,49-76)55(41-89-66(14,24-6)30-58(81)45-85-52(10)35-73)42-90-67(15,25-7)31-59(82)46-86-53(11)36-74)91-47-61(21-3)92-60(20-2)27-62(37-77)93-69(17,48-75)54(39-87-64(12,22-4)28-56(79)43-83-50(8)33-71)40-88-65(13,23-5)29-57(80)44-84-51(9)34-72/h50-63,77-82H,19-49,71-76H2,1-18H3. The van der Waals surface area contributed by atoms with Crippen molar-refractivity contribution in [2.75, 3.05) is 112 Å². The first-order chi connectivity index (χ1) is 44.1. The van der Waals surface area contributed by atoms with E-state index in [-0.39, 0.29) is 122 Å². The van der Waals surface area contributed by atoms with Crippen LogP contribution in [0.3, 0.4) is 0 Å². The van der Waals surface area contributed by atoms with E-state index in [1.165, 1.54) is 0 Å². The molecule has 18 N–H and O–H groups in total. The molecule has 566 valence electrons. The summed E-state index contributed by atoms with van der Waals surface area (Å²) in [5.41, 5.74) is 30.5. The van der Waals surface area contributed by atoms with Crippen LogP contribution in [0.4, 0.5) is 0 Å². The molecule has 24 nitrogen and oxygen atoms in total. The van der Waals surface area contributed by atoms with Gasteiger partial charge in [-0.2, -0.15) is 0 Å². The number of ether oxygens (including phenoxy) is 12. The maximum Gasteiger partial charge on any atom is 0.0853 e. The number of nitrogens with two attached hydrogens (primary N) is 6. The van der Waals surface area contributed by atoms with Gasteiger partial charge in [-0.25, -0.2) is 0 Å². The van der Waals surface area contributed by atoms with Gasteiger partial charge in [0.25, 0.3) is 0 Å². The first kappa shape index (κ1) is 93.0. The summed E-state index contributed by atoms with van der Waals surface area (Å²) in [6, 6.07) is 0. The van der Waals surface area contributed by atoms with E-state index in [1.807, 2.05) is 118 Å². The van der Waals surface area contributed by atoms with Gasteiger partial charge in [0, 0.05) is 89.6 Å². The highest BCUT2D eigenvalue weighted by Crippen LogP contribution is 2.36. The van der Waals surface area contributed by atoms with Gasteiger partial charge in [-0.05, 0) is 121 Å². The molecule has 0 radical (unpaired) electrons. The van der Waals surface area contributed by atoms with Gasteiger partial charge in [-0.3, -0.25) is 0 Å². The zero-order chi connectivity index (χ0) is 72.0. The van der Waals surface area contributed by atoms with Gasteiger partial charge in [0.05, 0.1) is 185 Å². The Kier molecular flexibility index (Phi) is 47.5. The quantitative estimate of drug-likeness (QED) is 0.0356. The highest BCUT2D eigenvalue weighted by atomic mass is 16.6. The average molecular weight is 1360 g/mol. The van der Waals surface area contributed by atoms with Crippen LogP contribution in [0.5, 0.6) is 0 Å². The third-order valence-electron chi connectivity index (χ3n) is 19.5. The van der Waals surface area contributed by atoms with E-state index in [2.05, 4.69) is 6.92 Å². The molecule has 0 heterocycles. The summed E-state index contributed by atoms with van der Waals surface area (Å²) in [4.78, 5) is 0. The van der Waals surface area contributed by atoms with Crippen LogP contribution in [0.1, 0.15) is 215 Å². The van der Waals surface area contributed by atoms with Crippen molar-refractivity contribution >= 4 is 0 Å². The van der Waals surface area contributed by atoms with Crippen LogP contribution in [0.15, 0.2) is 0 Å². The lowest BCUT2D eigenvalue weighted by atomic mass is 9.87. The second kappa shape index (κ2) is 48.0. The number of aliphatic hydroxyl groups excluding tert-OH is 6. The van der Waals surface area contributed by atoms with E-state index < -0.39 is 87.7 Å². The predicted octanol–water partition coefficient (Wildman–Crippen LogP) is 5.54. The molecule has 24 heteroatoms. The zero-order valence-corrected chi connectivity index (χ0v) is 62.5. The summed E-state index contributed by atoms with van der Waals surface area (Å²) < 4.78 is 78.0. The van der Waals surface area contributed by atoms with Crippen molar-refractivity contribution in [2.45, 2.75) is 327 Å². The van der Waals surface area contributed by atoms with Gasteiger partial charge in [0.1, 0.15) is 0 Å². The molecule has 0 saturated carbocycles. The third kappa shape index (κ3) is 36.6. The fourth-order valence-corrected chi connectivity index (χ4v) is 11.2. The highest BCUT2D eigenvalue weighted by Gasteiger charge is 2.44. The van der Waals surface area contributed by atoms with Crippen molar-refractivity contribution in [1.82, 2.24) is 0 Å². The highest BCUT2D eigenvalue weighted by molar-refractivity contribution is 4.94. The van der Waals surface area contributed by atoms with Gasteiger partial charge < -0.3 is 122 Å². The number of hydrogen-bond donors (Lipinski definition) is 12. The molecule has 0 aliphatic carbocycles. The molecule has 94 heavy (non-hydrogen) atoms. The summed E-state index contributed by atoms with van der Waals surface area (Å²) >= 11 is 0. The van der Waals surface area contributed by atoms with Gasteiger partial charge >= 0.3 is 0 Å². The Morgan fingerprint density at radius 1 is 0.351 bits per heavy atom. The van der Waals surface area contributed by atoms with Gasteiger partial charge in [0.15, 0.2) is 0 Å². The van der Waals surface area contributed by atoms with Crippen LogP contribution in [0.25, 0.3) is 0 Å². The Labute approximate surface area is 570 Å². The monoisotopic (exact) mass is 1360 g/mol. The first-order valence-electron chi connectivity index (χ1n) is 35.9. The average Bonchev–Trinajstić information content (AvgIpc) is 0.856. The molecule has 19 unspecified atom stereocenters.